The van der Waals surface area contributed by atoms with Crippen LogP contribution in [0.25, 0.3) is 0 Å². The minimum Gasteiger partial charge on any atom is -0.486 e. The van der Waals surface area contributed by atoms with E-state index in [1.54, 1.807) is 25.1 Å². The van der Waals surface area contributed by atoms with Crippen LogP contribution in [0.1, 0.15) is 30.1 Å². The van der Waals surface area contributed by atoms with E-state index in [1.807, 2.05) is 0 Å². The third-order valence-electron chi connectivity index (χ3n) is 2.95. The maximum Gasteiger partial charge on any atom is 0.305 e. The Morgan fingerprint density at radius 1 is 1.24 bits per heavy atom. The number of ether oxygens (including phenoxy) is 3. The highest BCUT2D eigenvalue weighted by Crippen LogP contribution is 2.30. The van der Waals surface area contributed by atoms with Crippen molar-refractivity contribution in [3.63, 3.8) is 0 Å². The molecule has 0 bridgehead atoms. The van der Waals surface area contributed by atoms with E-state index in [0.717, 1.165) is 0 Å². The number of nitrogens with one attached hydrogen (secondary N) is 1. The van der Waals surface area contributed by atoms with Crippen LogP contribution in [0.15, 0.2) is 18.2 Å². The molecule has 0 aliphatic carbocycles. The largest absolute Gasteiger partial charge is 0.486 e. The monoisotopic (exact) mass is 293 g/mol. The van der Waals surface area contributed by atoms with Crippen molar-refractivity contribution >= 4 is 11.9 Å². The SMILES string of the molecule is CCOC(=O)CCCNC(=O)c1ccc2c(c1)OCCO2. The lowest BCUT2D eigenvalue weighted by molar-refractivity contribution is -0.143. The fraction of sp³-hybridized carbons (Fsp3) is 0.467. The van der Waals surface area contributed by atoms with Gasteiger partial charge < -0.3 is 19.5 Å². The maximum absolute atomic E-state index is 12.0. The number of carbonyl (C=O) groups is 2. The van der Waals surface area contributed by atoms with Gasteiger partial charge in [0.2, 0.25) is 0 Å². The quantitative estimate of drug-likeness (QED) is 0.636. The Balaban J connectivity index is 1.79. The van der Waals surface area contributed by atoms with Crippen molar-refractivity contribution in [3.8, 4) is 11.5 Å². The molecule has 0 aromatic heterocycles. The zero-order valence-corrected chi connectivity index (χ0v) is 12.0. The summed E-state index contributed by atoms with van der Waals surface area (Å²) in [5.74, 6) is 0.794. The van der Waals surface area contributed by atoms with Crippen molar-refractivity contribution in [2.75, 3.05) is 26.4 Å². The van der Waals surface area contributed by atoms with Crippen LogP contribution in [0, 0.1) is 0 Å². The smallest absolute Gasteiger partial charge is 0.305 e. The van der Waals surface area contributed by atoms with Crippen LogP contribution in [0.4, 0.5) is 0 Å². The average Bonchev–Trinajstić information content (AvgIpc) is 2.51. The van der Waals surface area contributed by atoms with E-state index < -0.39 is 0 Å². The van der Waals surface area contributed by atoms with Gasteiger partial charge in [-0.05, 0) is 31.5 Å². The second kappa shape index (κ2) is 7.52. The molecule has 1 heterocycles. The van der Waals surface area contributed by atoms with Crippen LogP contribution >= 0.6 is 0 Å². The number of benzene rings is 1. The molecule has 21 heavy (non-hydrogen) atoms. The molecule has 1 aliphatic heterocycles. The van der Waals surface area contributed by atoms with Crippen LogP contribution < -0.4 is 14.8 Å². The van der Waals surface area contributed by atoms with Crippen LogP contribution in [0.5, 0.6) is 11.5 Å². The van der Waals surface area contributed by atoms with Gasteiger partial charge in [0, 0.05) is 18.5 Å². The molecule has 0 unspecified atom stereocenters. The van der Waals surface area contributed by atoms with Gasteiger partial charge in [-0.2, -0.15) is 0 Å². The van der Waals surface area contributed by atoms with Gasteiger partial charge in [0.15, 0.2) is 11.5 Å². The maximum atomic E-state index is 12.0. The van der Waals surface area contributed by atoms with Gasteiger partial charge in [0.1, 0.15) is 13.2 Å². The first kappa shape index (κ1) is 15.2. The van der Waals surface area contributed by atoms with Crippen molar-refractivity contribution in [1.82, 2.24) is 5.32 Å². The van der Waals surface area contributed by atoms with E-state index in [-0.39, 0.29) is 11.9 Å². The minimum absolute atomic E-state index is 0.198. The Kier molecular flexibility index (Phi) is 5.43. The minimum atomic E-state index is -0.244. The molecule has 1 aliphatic rings. The molecule has 0 fully saturated rings. The second-order valence-corrected chi connectivity index (χ2v) is 4.52. The van der Waals surface area contributed by atoms with Crippen molar-refractivity contribution < 1.29 is 23.8 Å². The summed E-state index contributed by atoms with van der Waals surface area (Å²) >= 11 is 0. The molecule has 1 N–H and O–H groups in total. The number of amides is 1. The summed E-state index contributed by atoms with van der Waals surface area (Å²) in [6.07, 6.45) is 0.852. The number of esters is 1. The third-order valence-corrected chi connectivity index (χ3v) is 2.95. The summed E-state index contributed by atoms with van der Waals surface area (Å²) < 4.78 is 15.6. The van der Waals surface area contributed by atoms with Crippen molar-refractivity contribution in [1.29, 1.82) is 0 Å². The average molecular weight is 293 g/mol. The Morgan fingerprint density at radius 3 is 2.76 bits per heavy atom. The molecule has 114 valence electrons. The highest BCUT2D eigenvalue weighted by atomic mass is 16.6. The van der Waals surface area contributed by atoms with E-state index >= 15 is 0 Å². The van der Waals surface area contributed by atoms with Crippen LogP contribution in [0.2, 0.25) is 0 Å². The Labute approximate surface area is 123 Å². The van der Waals surface area contributed by atoms with Crippen LogP contribution in [-0.4, -0.2) is 38.2 Å². The normalized spacial score (nSPS) is 12.6. The van der Waals surface area contributed by atoms with E-state index in [4.69, 9.17) is 14.2 Å². The van der Waals surface area contributed by atoms with E-state index in [0.29, 0.717) is 56.3 Å². The molecule has 1 aromatic rings. The topological polar surface area (TPSA) is 73.9 Å². The second-order valence-electron chi connectivity index (χ2n) is 4.52. The first-order valence-electron chi connectivity index (χ1n) is 7.04. The Hall–Kier alpha value is -2.24. The number of rotatable bonds is 6. The Morgan fingerprint density at radius 2 is 2.00 bits per heavy atom. The fourth-order valence-electron chi connectivity index (χ4n) is 1.95. The zero-order valence-electron chi connectivity index (χ0n) is 12.0. The molecule has 6 heteroatoms. The third kappa shape index (κ3) is 4.37. The molecule has 6 nitrogen and oxygen atoms in total. The summed E-state index contributed by atoms with van der Waals surface area (Å²) in [5, 5.41) is 2.76. The highest BCUT2D eigenvalue weighted by Gasteiger charge is 2.14. The van der Waals surface area contributed by atoms with E-state index in [2.05, 4.69) is 5.32 Å². The predicted octanol–water partition coefficient (Wildman–Crippen LogP) is 1.53. The zero-order chi connectivity index (χ0) is 15.1. The standard InChI is InChI=1S/C15H19NO5/c1-2-19-14(17)4-3-7-16-15(18)11-5-6-12-13(10-11)21-9-8-20-12/h5-6,10H,2-4,7-9H2,1H3,(H,16,18). The molecule has 2 rings (SSSR count). The first-order chi connectivity index (χ1) is 10.2. The van der Waals surface area contributed by atoms with Gasteiger partial charge in [-0.3, -0.25) is 9.59 Å². The summed E-state index contributed by atoms with van der Waals surface area (Å²) in [6.45, 7) is 3.57. The summed E-state index contributed by atoms with van der Waals surface area (Å²) in [6, 6.07) is 5.07. The number of fused-ring (bicyclic) bond motifs is 1. The summed E-state index contributed by atoms with van der Waals surface area (Å²) in [5.41, 5.74) is 0.510. The van der Waals surface area contributed by atoms with E-state index in [1.165, 1.54) is 0 Å². The van der Waals surface area contributed by atoms with Gasteiger partial charge in [-0.1, -0.05) is 0 Å². The number of carbonyl (C=O) groups excluding carboxylic acids is 2. The molecule has 0 saturated heterocycles. The molecule has 1 aromatic carbocycles. The molecule has 1 amide bonds. The molecular weight excluding hydrogens is 274 g/mol. The van der Waals surface area contributed by atoms with Gasteiger partial charge >= 0.3 is 5.97 Å². The lowest BCUT2D eigenvalue weighted by Crippen LogP contribution is -2.25. The molecular formula is C15H19NO5. The highest BCUT2D eigenvalue weighted by molar-refractivity contribution is 5.94. The van der Waals surface area contributed by atoms with Gasteiger partial charge in [0.05, 0.1) is 6.61 Å². The predicted molar refractivity (Wildman–Crippen MR) is 75.6 cm³/mol. The van der Waals surface area contributed by atoms with Gasteiger partial charge in [-0.15, -0.1) is 0 Å². The van der Waals surface area contributed by atoms with Gasteiger partial charge in [-0.25, -0.2) is 0 Å². The van der Waals surface area contributed by atoms with Crippen LogP contribution in [0.3, 0.4) is 0 Å². The Bertz CT molecular complexity index is 515. The van der Waals surface area contributed by atoms with Crippen molar-refractivity contribution in [3.05, 3.63) is 23.8 Å². The first-order valence-corrected chi connectivity index (χ1v) is 7.04. The van der Waals surface area contributed by atoms with Gasteiger partial charge in [0.25, 0.3) is 5.91 Å². The lowest BCUT2D eigenvalue weighted by Gasteiger charge is -2.18. The number of hydrogen-bond donors (Lipinski definition) is 1. The van der Waals surface area contributed by atoms with E-state index in [9.17, 15) is 9.59 Å². The fourth-order valence-corrected chi connectivity index (χ4v) is 1.95. The van der Waals surface area contributed by atoms with Crippen LogP contribution in [-0.2, 0) is 9.53 Å². The van der Waals surface area contributed by atoms with Crippen molar-refractivity contribution in [2.45, 2.75) is 19.8 Å². The summed E-state index contributed by atoms with van der Waals surface area (Å²) in [7, 11) is 0. The molecule has 0 spiro atoms. The molecule has 0 saturated carbocycles. The lowest BCUT2D eigenvalue weighted by atomic mass is 10.1. The number of hydrogen-bond acceptors (Lipinski definition) is 5. The summed E-state index contributed by atoms with van der Waals surface area (Å²) in [4.78, 5) is 23.1. The molecule has 0 radical (unpaired) electrons. The van der Waals surface area contributed by atoms with Crippen molar-refractivity contribution in [2.24, 2.45) is 0 Å². The molecule has 0 atom stereocenters.